The highest BCUT2D eigenvalue weighted by atomic mass is 32.2. The first-order valence-corrected chi connectivity index (χ1v) is 5.50. The monoisotopic (exact) mass is 268 g/mol. The number of nitrogens with two attached hydrogens (primary N) is 1. The van der Waals surface area contributed by atoms with Gasteiger partial charge < -0.3 is 4.42 Å². The summed E-state index contributed by atoms with van der Waals surface area (Å²) in [6.07, 6.45) is 2.51. The molecule has 0 saturated heterocycles. The smallest absolute Gasteiger partial charge is 0.320 e. The van der Waals surface area contributed by atoms with Crippen LogP contribution in [-0.2, 0) is 0 Å². The molecule has 0 saturated carbocycles. The summed E-state index contributed by atoms with van der Waals surface area (Å²) in [6.45, 7) is 1.74. The van der Waals surface area contributed by atoms with Crippen molar-refractivity contribution in [1.82, 2.24) is 15.0 Å². The van der Waals surface area contributed by atoms with Crippen LogP contribution in [0.5, 0.6) is 0 Å². The Hall–Kier alpha value is -2.20. The van der Waals surface area contributed by atoms with Crippen LogP contribution in [-0.4, -0.2) is 19.9 Å². The predicted octanol–water partition coefficient (Wildman–Crippen LogP) is 1.12. The molecule has 0 aliphatic carbocycles. The third kappa shape index (κ3) is 2.55. The number of aromatic nitrogens is 3. The first-order valence-electron chi connectivity index (χ1n) is 4.68. The summed E-state index contributed by atoms with van der Waals surface area (Å²) in [6, 6.07) is 0. The van der Waals surface area contributed by atoms with Gasteiger partial charge in [-0.25, -0.2) is 15.8 Å². The predicted molar refractivity (Wildman–Crippen MR) is 61.9 cm³/mol. The molecule has 3 N–H and O–H groups in total. The van der Waals surface area contributed by atoms with Gasteiger partial charge in [0.1, 0.15) is 12.5 Å². The van der Waals surface area contributed by atoms with Gasteiger partial charge in [0.2, 0.25) is 5.95 Å². The van der Waals surface area contributed by atoms with Gasteiger partial charge in [0, 0.05) is 0 Å². The summed E-state index contributed by atoms with van der Waals surface area (Å²) in [5.74, 6) is 5.22. The van der Waals surface area contributed by atoms with Crippen molar-refractivity contribution in [3.05, 3.63) is 28.3 Å². The molecule has 10 heteroatoms. The normalized spacial score (nSPS) is 10.3. The highest BCUT2D eigenvalue weighted by molar-refractivity contribution is 7.99. The van der Waals surface area contributed by atoms with Crippen LogP contribution < -0.4 is 11.3 Å². The average Bonchev–Trinajstić information content (AvgIpc) is 2.74. The molecule has 9 nitrogen and oxygen atoms in total. The number of nitrogen functional groups attached to an aromatic ring is 1. The quantitative estimate of drug-likeness (QED) is 0.362. The van der Waals surface area contributed by atoms with Crippen molar-refractivity contribution in [3.63, 3.8) is 0 Å². The van der Waals surface area contributed by atoms with Crippen molar-refractivity contribution < 1.29 is 9.34 Å². The number of hydrogen-bond acceptors (Lipinski definition) is 9. The highest BCUT2D eigenvalue weighted by Gasteiger charge is 2.20. The Morgan fingerprint density at radius 1 is 1.56 bits per heavy atom. The third-order valence-electron chi connectivity index (χ3n) is 1.84. The van der Waals surface area contributed by atoms with E-state index >= 15 is 0 Å². The number of rotatable bonds is 4. The molecule has 0 unspecified atom stereocenters. The summed E-state index contributed by atoms with van der Waals surface area (Å²) in [5.41, 5.74) is 2.65. The molecule has 0 aliphatic heterocycles. The number of anilines is 1. The van der Waals surface area contributed by atoms with Crippen molar-refractivity contribution in [2.75, 3.05) is 5.43 Å². The van der Waals surface area contributed by atoms with Crippen LogP contribution in [0.4, 0.5) is 11.6 Å². The molecular weight excluding hydrogens is 260 g/mol. The minimum absolute atomic E-state index is 0.0754. The molecule has 18 heavy (non-hydrogen) atoms. The number of hydrogen-bond donors (Lipinski definition) is 2. The van der Waals surface area contributed by atoms with Crippen LogP contribution in [0.2, 0.25) is 0 Å². The van der Waals surface area contributed by atoms with Gasteiger partial charge in [-0.1, -0.05) is 0 Å². The Labute approximate surface area is 105 Å². The van der Waals surface area contributed by atoms with E-state index in [1.165, 1.54) is 6.26 Å². The van der Waals surface area contributed by atoms with Crippen LogP contribution in [0.25, 0.3) is 0 Å². The van der Waals surface area contributed by atoms with E-state index in [0.717, 1.165) is 18.0 Å². The minimum Gasteiger partial charge on any atom is -0.439 e. The van der Waals surface area contributed by atoms with Gasteiger partial charge in [-0.3, -0.25) is 15.5 Å². The Kier molecular flexibility index (Phi) is 3.39. The number of nitro groups is 1. The summed E-state index contributed by atoms with van der Waals surface area (Å²) in [7, 11) is 0. The van der Waals surface area contributed by atoms with Crippen LogP contribution in [0.1, 0.15) is 5.69 Å². The van der Waals surface area contributed by atoms with E-state index in [1.54, 1.807) is 6.92 Å². The van der Waals surface area contributed by atoms with Crippen LogP contribution in [0.15, 0.2) is 27.1 Å². The lowest BCUT2D eigenvalue weighted by atomic mass is 10.5. The molecule has 0 spiro atoms. The maximum atomic E-state index is 10.8. The molecule has 2 rings (SSSR count). The molecule has 0 fully saturated rings. The van der Waals surface area contributed by atoms with Crippen molar-refractivity contribution in [3.8, 4) is 0 Å². The molecule has 0 bridgehead atoms. The zero-order chi connectivity index (χ0) is 13.1. The molecular formula is C8H8N6O3S. The lowest BCUT2D eigenvalue weighted by Gasteiger charge is -2.01. The maximum Gasteiger partial charge on any atom is 0.320 e. The van der Waals surface area contributed by atoms with E-state index in [0.29, 0.717) is 5.69 Å². The molecule has 0 aromatic carbocycles. The lowest BCUT2D eigenvalue weighted by Crippen LogP contribution is -2.11. The minimum atomic E-state index is -0.585. The fourth-order valence-electron chi connectivity index (χ4n) is 1.09. The molecule has 2 aromatic heterocycles. The second-order valence-corrected chi connectivity index (χ2v) is 4.08. The van der Waals surface area contributed by atoms with Gasteiger partial charge in [0.15, 0.2) is 5.03 Å². The summed E-state index contributed by atoms with van der Waals surface area (Å²) < 4.78 is 5.09. The van der Waals surface area contributed by atoms with E-state index in [-0.39, 0.29) is 21.9 Å². The molecule has 2 aromatic rings. The third-order valence-corrected chi connectivity index (χ3v) is 2.70. The topological polar surface area (TPSA) is 133 Å². The van der Waals surface area contributed by atoms with Gasteiger partial charge in [-0.05, 0) is 18.7 Å². The number of aryl methyl sites for hydroxylation is 1. The second kappa shape index (κ2) is 4.98. The van der Waals surface area contributed by atoms with Gasteiger partial charge in [0.05, 0.1) is 10.6 Å². The zero-order valence-electron chi connectivity index (χ0n) is 9.15. The van der Waals surface area contributed by atoms with Crippen molar-refractivity contribution in [2.45, 2.75) is 17.2 Å². The molecule has 94 valence electrons. The summed E-state index contributed by atoms with van der Waals surface area (Å²) in [5, 5.41) is 11.2. The van der Waals surface area contributed by atoms with E-state index in [9.17, 15) is 10.1 Å². The number of nitrogens with zero attached hydrogens (tertiary/aromatic N) is 4. The Morgan fingerprint density at radius 3 is 2.89 bits per heavy atom. The highest BCUT2D eigenvalue weighted by Crippen LogP contribution is 2.32. The number of nitrogens with one attached hydrogen (secondary N) is 1. The van der Waals surface area contributed by atoms with Crippen LogP contribution >= 0.6 is 11.8 Å². The molecule has 0 atom stereocenters. The van der Waals surface area contributed by atoms with E-state index in [2.05, 4.69) is 20.4 Å². The Balaban J connectivity index is 2.37. The molecule has 0 radical (unpaired) electrons. The van der Waals surface area contributed by atoms with Crippen molar-refractivity contribution in [2.24, 2.45) is 5.84 Å². The van der Waals surface area contributed by atoms with Crippen molar-refractivity contribution >= 4 is 23.4 Å². The van der Waals surface area contributed by atoms with E-state index in [1.807, 2.05) is 0 Å². The standard InChI is InChI=1S/C8H8N6O3S/c1-4-3-17-8(11-4)18-6-5(14(15)16)2-10-7(12-6)13-9/h2-3H,9H2,1H3,(H,10,12,13). The van der Waals surface area contributed by atoms with Crippen LogP contribution in [0, 0.1) is 17.0 Å². The first kappa shape index (κ1) is 12.3. The van der Waals surface area contributed by atoms with Crippen molar-refractivity contribution in [1.29, 1.82) is 0 Å². The zero-order valence-corrected chi connectivity index (χ0v) is 9.97. The van der Waals surface area contributed by atoms with E-state index in [4.69, 9.17) is 10.3 Å². The van der Waals surface area contributed by atoms with Gasteiger partial charge in [-0.15, -0.1) is 0 Å². The average molecular weight is 268 g/mol. The fraction of sp³-hybridized carbons (Fsp3) is 0.125. The number of hydrazine groups is 1. The summed E-state index contributed by atoms with van der Waals surface area (Å²) in [4.78, 5) is 21.8. The number of oxazole rings is 1. The van der Waals surface area contributed by atoms with Gasteiger partial charge in [0.25, 0.3) is 5.22 Å². The SMILES string of the molecule is Cc1coc(Sc2nc(NN)ncc2[N+](=O)[O-])n1. The Morgan fingerprint density at radius 2 is 2.33 bits per heavy atom. The maximum absolute atomic E-state index is 10.8. The summed E-state index contributed by atoms with van der Waals surface area (Å²) >= 11 is 0.927. The second-order valence-electron chi connectivity index (χ2n) is 3.14. The first-order chi connectivity index (χ1) is 8.60. The van der Waals surface area contributed by atoms with Gasteiger partial charge in [-0.2, -0.15) is 4.98 Å². The Bertz CT molecular complexity index is 586. The largest absolute Gasteiger partial charge is 0.439 e. The fourth-order valence-corrected chi connectivity index (χ4v) is 1.91. The van der Waals surface area contributed by atoms with Crippen LogP contribution in [0.3, 0.4) is 0 Å². The molecule has 0 amide bonds. The van der Waals surface area contributed by atoms with Gasteiger partial charge >= 0.3 is 5.69 Å². The van der Waals surface area contributed by atoms with E-state index < -0.39 is 4.92 Å². The lowest BCUT2D eigenvalue weighted by molar-refractivity contribution is -0.388. The molecule has 2 heterocycles. The molecule has 0 aliphatic rings.